The molecule has 0 radical (unpaired) electrons. The molecule has 1 aliphatic heterocycles. The summed E-state index contributed by atoms with van der Waals surface area (Å²) in [4.78, 5) is 6.47. The molecule has 0 amide bonds. The van der Waals surface area contributed by atoms with Gasteiger partial charge in [0.05, 0.1) is 6.54 Å². The Labute approximate surface area is 103 Å². The minimum Gasteiger partial charge on any atom is -0.343 e. The summed E-state index contributed by atoms with van der Waals surface area (Å²) >= 11 is 0. The first-order valence-electron chi connectivity index (χ1n) is 6.50. The molecule has 1 aromatic rings. The molecular formula is C12H22N4O. The van der Waals surface area contributed by atoms with Gasteiger partial charge in [-0.25, -0.2) is 0 Å². The van der Waals surface area contributed by atoms with Gasteiger partial charge in [0.1, 0.15) is 0 Å². The van der Waals surface area contributed by atoms with Gasteiger partial charge in [-0.3, -0.25) is 4.90 Å². The topological polar surface area (TPSA) is 54.2 Å². The summed E-state index contributed by atoms with van der Waals surface area (Å²) in [5.41, 5.74) is 0. The highest BCUT2D eigenvalue weighted by molar-refractivity contribution is 4.86. The van der Waals surface area contributed by atoms with Gasteiger partial charge in [-0.2, -0.15) is 4.98 Å². The van der Waals surface area contributed by atoms with Gasteiger partial charge < -0.3 is 9.84 Å². The zero-order valence-corrected chi connectivity index (χ0v) is 10.7. The highest BCUT2D eigenvalue weighted by Gasteiger charge is 2.25. The Morgan fingerprint density at radius 1 is 1.59 bits per heavy atom. The minimum absolute atomic E-state index is 0.663. The summed E-state index contributed by atoms with van der Waals surface area (Å²) in [6.45, 7) is 8.68. The molecular weight excluding hydrogens is 216 g/mol. The second-order valence-electron chi connectivity index (χ2n) is 4.91. The minimum atomic E-state index is 0.663. The molecule has 2 heterocycles. The number of hydrogen-bond donors (Lipinski definition) is 1. The van der Waals surface area contributed by atoms with Crippen LogP contribution in [0.25, 0.3) is 0 Å². The standard InChI is InChI=1S/C12H22N4O/c1-3-5-13-11-4-6-16(7-10(11)2)8-12-14-9-17-15-12/h9-11,13H,3-8H2,1-2H3. The lowest BCUT2D eigenvalue weighted by atomic mass is 9.94. The van der Waals surface area contributed by atoms with Crippen LogP contribution in [0.5, 0.6) is 0 Å². The van der Waals surface area contributed by atoms with E-state index >= 15 is 0 Å². The van der Waals surface area contributed by atoms with Crippen LogP contribution in [0, 0.1) is 5.92 Å². The molecule has 1 fully saturated rings. The van der Waals surface area contributed by atoms with Crippen molar-refractivity contribution in [2.75, 3.05) is 19.6 Å². The normalized spacial score (nSPS) is 26.2. The van der Waals surface area contributed by atoms with Gasteiger partial charge in [-0.15, -0.1) is 0 Å². The number of nitrogens with zero attached hydrogens (tertiary/aromatic N) is 3. The Kier molecular flexibility index (Phi) is 4.50. The van der Waals surface area contributed by atoms with Gasteiger partial charge in [0.25, 0.3) is 0 Å². The van der Waals surface area contributed by atoms with Crippen molar-refractivity contribution in [2.45, 2.75) is 39.3 Å². The number of likely N-dealkylation sites (tertiary alicyclic amines) is 1. The maximum absolute atomic E-state index is 4.76. The SMILES string of the molecule is CCCNC1CCN(Cc2ncon2)CC1C. The van der Waals surface area contributed by atoms with E-state index in [1.165, 1.54) is 19.2 Å². The van der Waals surface area contributed by atoms with Crippen LogP contribution < -0.4 is 5.32 Å². The predicted molar refractivity (Wildman–Crippen MR) is 65.4 cm³/mol. The van der Waals surface area contributed by atoms with Gasteiger partial charge in [-0.1, -0.05) is 19.0 Å². The third-order valence-electron chi connectivity index (χ3n) is 3.42. The van der Waals surface area contributed by atoms with Gasteiger partial charge >= 0.3 is 0 Å². The molecule has 2 atom stereocenters. The number of hydrogen-bond acceptors (Lipinski definition) is 5. The molecule has 1 saturated heterocycles. The molecule has 5 heteroatoms. The molecule has 0 aromatic carbocycles. The Hall–Kier alpha value is -0.940. The zero-order chi connectivity index (χ0) is 12.1. The van der Waals surface area contributed by atoms with E-state index in [0.29, 0.717) is 12.0 Å². The molecule has 96 valence electrons. The van der Waals surface area contributed by atoms with Crippen molar-refractivity contribution in [3.8, 4) is 0 Å². The lowest BCUT2D eigenvalue weighted by molar-refractivity contribution is 0.137. The van der Waals surface area contributed by atoms with Crippen molar-refractivity contribution in [2.24, 2.45) is 5.92 Å². The van der Waals surface area contributed by atoms with Crippen molar-refractivity contribution in [1.82, 2.24) is 20.4 Å². The second kappa shape index (κ2) is 6.12. The summed E-state index contributed by atoms with van der Waals surface area (Å²) in [6, 6.07) is 0.663. The first-order chi connectivity index (χ1) is 8.29. The summed E-state index contributed by atoms with van der Waals surface area (Å²) in [7, 11) is 0. The highest BCUT2D eigenvalue weighted by Crippen LogP contribution is 2.18. The fourth-order valence-corrected chi connectivity index (χ4v) is 2.47. The van der Waals surface area contributed by atoms with Gasteiger partial charge in [-0.05, 0) is 25.3 Å². The van der Waals surface area contributed by atoms with Crippen LogP contribution in [-0.4, -0.2) is 40.7 Å². The van der Waals surface area contributed by atoms with Crippen molar-refractivity contribution in [1.29, 1.82) is 0 Å². The molecule has 17 heavy (non-hydrogen) atoms. The van der Waals surface area contributed by atoms with E-state index in [9.17, 15) is 0 Å². The van der Waals surface area contributed by atoms with E-state index < -0.39 is 0 Å². The molecule has 0 aliphatic carbocycles. The van der Waals surface area contributed by atoms with E-state index in [0.717, 1.165) is 32.0 Å². The lowest BCUT2D eigenvalue weighted by Gasteiger charge is -2.36. The zero-order valence-electron chi connectivity index (χ0n) is 10.7. The summed E-state index contributed by atoms with van der Waals surface area (Å²) in [5.74, 6) is 1.47. The number of aromatic nitrogens is 2. The van der Waals surface area contributed by atoms with Crippen molar-refractivity contribution < 1.29 is 4.52 Å². The largest absolute Gasteiger partial charge is 0.343 e. The third-order valence-corrected chi connectivity index (χ3v) is 3.42. The number of rotatable bonds is 5. The fraction of sp³-hybridized carbons (Fsp3) is 0.833. The van der Waals surface area contributed by atoms with Crippen LogP contribution in [0.2, 0.25) is 0 Å². The molecule has 2 rings (SSSR count). The molecule has 1 aromatic heterocycles. The molecule has 1 aliphatic rings. The molecule has 5 nitrogen and oxygen atoms in total. The summed E-state index contributed by atoms with van der Waals surface area (Å²) in [6.07, 6.45) is 3.81. The molecule has 1 N–H and O–H groups in total. The quantitative estimate of drug-likeness (QED) is 0.837. The molecule has 2 unspecified atom stereocenters. The predicted octanol–water partition coefficient (Wildman–Crippen LogP) is 1.28. The number of nitrogens with one attached hydrogen (secondary N) is 1. The van der Waals surface area contributed by atoms with Crippen LogP contribution in [-0.2, 0) is 6.54 Å². The first kappa shape index (κ1) is 12.5. The van der Waals surface area contributed by atoms with E-state index in [-0.39, 0.29) is 0 Å². The molecule has 0 spiro atoms. The maximum Gasteiger partial charge on any atom is 0.213 e. The Morgan fingerprint density at radius 3 is 3.12 bits per heavy atom. The fourth-order valence-electron chi connectivity index (χ4n) is 2.47. The van der Waals surface area contributed by atoms with E-state index in [1.807, 2.05) is 0 Å². The Bertz CT molecular complexity index is 314. The van der Waals surface area contributed by atoms with Crippen molar-refractivity contribution in [3.05, 3.63) is 12.2 Å². The first-order valence-corrected chi connectivity index (χ1v) is 6.50. The van der Waals surface area contributed by atoms with Crippen molar-refractivity contribution >= 4 is 0 Å². The second-order valence-corrected chi connectivity index (χ2v) is 4.91. The third kappa shape index (κ3) is 3.51. The van der Waals surface area contributed by atoms with Crippen LogP contribution in [0.3, 0.4) is 0 Å². The monoisotopic (exact) mass is 238 g/mol. The maximum atomic E-state index is 4.76. The average molecular weight is 238 g/mol. The van der Waals surface area contributed by atoms with Gasteiger partial charge in [0.15, 0.2) is 5.82 Å². The van der Waals surface area contributed by atoms with Crippen molar-refractivity contribution in [3.63, 3.8) is 0 Å². The molecule has 0 bridgehead atoms. The van der Waals surface area contributed by atoms with Crippen LogP contribution >= 0.6 is 0 Å². The smallest absolute Gasteiger partial charge is 0.213 e. The lowest BCUT2D eigenvalue weighted by Crippen LogP contribution is -2.48. The van der Waals surface area contributed by atoms with Gasteiger partial charge in [0, 0.05) is 19.1 Å². The summed E-state index contributed by atoms with van der Waals surface area (Å²) < 4.78 is 4.76. The number of piperidine rings is 1. The summed E-state index contributed by atoms with van der Waals surface area (Å²) in [5, 5.41) is 7.48. The van der Waals surface area contributed by atoms with Crippen LogP contribution in [0.15, 0.2) is 10.9 Å². The highest BCUT2D eigenvalue weighted by atomic mass is 16.5. The van der Waals surface area contributed by atoms with Crippen LogP contribution in [0.1, 0.15) is 32.5 Å². The van der Waals surface area contributed by atoms with E-state index in [2.05, 4.69) is 34.2 Å². The average Bonchev–Trinajstić information content (AvgIpc) is 2.81. The van der Waals surface area contributed by atoms with Crippen LogP contribution in [0.4, 0.5) is 0 Å². The molecule has 0 saturated carbocycles. The van der Waals surface area contributed by atoms with E-state index in [4.69, 9.17) is 4.52 Å². The Morgan fingerprint density at radius 2 is 2.47 bits per heavy atom. The van der Waals surface area contributed by atoms with Gasteiger partial charge in [0.2, 0.25) is 6.39 Å². The Balaban J connectivity index is 1.78. The van der Waals surface area contributed by atoms with E-state index in [1.54, 1.807) is 0 Å².